The molecule has 0 aliphatic carbocycles. The monoisotopic (exact) mass is 457 g/mol. The van der Waals surface area contributed by atoms with Crippen LogP contribution < -0.4 is 0 Å². The largest absolute Gasteiger partial charge is 0.336 e. The predicted octanol–water partition coefficient (Wildman–Crippen LogP) is 4.52. The molecule has 1 aliphatic heterocycles. The number of carbonyl (C=O) groups is 1. The van der Waals surface area contributed by atoms with Crippen molar-refractivity contribution < 1.29 is 4.79 Å². The van der Waals surface area contributed by atoms with Crippen LogP contribution in [0.4, 0.5) is 0 Å². The Morgan fingerprint density at radius 3 is 2.58 bits per heavy atom. The second-order valence-corrected chi connectivity index (χ2v) is 9.14. The van der Waals surface area contributed by atoms with Gasteiger partial charge in [0, 0.05) is 49.2 Å². The molecule has 0 bridgehead atoms. The Kier molecular flexibility index (Phi) is 6.32. The van der Waals surface area contributed by atoms with Crippen LogP contribution in [0, 0.1) is 0 Å². The van der Waals surface area contributed by atoms with Crippen LogP contribution in [-0.2, 0) is 13.0 Å². The molecular formula is C26H27N5OS. The van der Waals surface area contributed by atoms with E-state index in [0.717, 1.165) is 61.8 Å². The zero-order chi connectivity index (χ0) is 22.6. The number of carbonyl (C=O) groups excluding carboxylic acids is 1. The number of rotatable bonds is 6. The zero-order valence-electron chi connectivity index (χ0n) is 18.7. The summed E-state index contributed by atoms with van der Waals surface area (Å²) in [4.78, 5) is 22.3. The Balaban J connectivity index is 1.26. The fourth-order valence-corrected chi connectivity index (χ4v) is 4.95. The van der Waals surface area contributed by atoms with Gasteiger partial charge in [-0.15, -0.1) is 11.3 Å². The van der Waals surface area contributed by atoms with Crippen LogP contribution in [0.3, 0.4) is 0 Å². The lowest BCUT2D eigenvalue weighted by atomic mass is 10.1. The van der Waals surface area contributed by atoms with E-state index < -0.39 is 0 Å². The minimum absolute atomic E-state index is 0.0758. The first-order chi connectivity index (χ1) is 16.2. The second-order valence-electron chi connectivity index (χ2n) is 8.20. The van der Waals surface area contributed by atoms with E-state index in [-0.39, 0.29) is 5.91 Å². The number of amides is 1. The normalized spacial score (nSPS) is 14.5. The first-order valence-corrected chi connectivity index (χ1v) is 12.2. The van der Waals surface area contributed by atoms with Gasteiger partial charge in [-0.25, -0.2) is 9.67 Å². The average molecular weight is 458 g/mol. The quantitative estimate of drug-likeness (QED) is 0.427. The molecule has 2 aromatic heterocycles. The van der Waals surface area contributed by atoms with Gasteiger partial charge < -0.3 is 4.90 Å². The van der Waals surface area contributed by atoms with Crippen LogP contribution >= 0.6 is 11.3 Å². The SMILES string of the molecule is CCc1nc(CN2CCN(C(=O)c3cccc(-n4nccc4-c4ccccc4)c3)CC2)cs1. The molecule has 168 valence electrons. The summed E-state index contributed by atoms with van der Waals surface area (Å²) in [5.41, 5.74) is 4.81. The summed E-state index contributed by atoms with van der Waals surface area (Å²) in [7, 11) is 0. The number of aryl methyl sites for hydroxylation is 1. The molecule has 5 rings (SSSR count). The molecule has 6 nitrogen and oxygen atoms in total. The first kappa shape index (κ1) is 21.6. The van der Waals surface area contributed by atoms with Gasteiger partial charge in [0.05, 0.1) is 28.3 Å². The maximum Gasteiger partial charge on any atom is 0.254 e. The number of thiazole rings is 1. The predicted molar refractivity (Wildman–Crippen MR) is 132 cm³/mol. The Labute approximate surface area is 198 Å². The van der Waals surface area contributed by atoms with Gasteiger partial charge in [-0.1, -0.05) is 43.3 Å². The van der Waals surface area contributed by atoms with Crippen molar-refractivity contribution in [3.63, 3.8) is 0 Å². The molecular weight excluding hydrogens is 430 g/mol. The molecule has 0 unspecified atom stereocenters. The fourth-order valence-electron chi connectivity index (χ4n) is 4.21. The number of nitrogens with zero attached hydrogens (tertiary/aromatic N) is 5. The molecule has 1 fully saturated rings. The summed E-state index contributed by atoms with van der Waals surface area (Å²) >= 11 is 1.73. The third-order valence-corrected chi connectivity index (χ3v) is 7.04. The van der Waals surface area contributed by atoms with Crippen LogP contribution in [-0.4, -0.2) is 56.7 Å². The van der Waals surface area contributed by atoms with Crippen LogP contribution in [0.15, 0.2) is 72.2 Å². The lowest BCUT2D eigenvalue weighted by Crippen LogP contribution is -2.48. The van der Waals surface area contributed by atoms with Crippen molar-refractivity contribution in [2.75, 3.05) is 26.2 Å². The van der Waals surface area contributed by atoms with E-state index in [9.17, 15) is 4.79 Å². The van der Waals surface area contributed by atoms with Crippen molar-refractivity contribution in [1.29, 1.82) is 0 Å². The molecule has 0 saturated carbocycles. The molecule has 3 heterocycles. The Bertz CT molecular complexity index is 1220. The minimum atomic E-state index is 0.0758. The Morgan fingerprint density at radius 1 is 1.00 bits per heavy atom. The van der Waals surface area contributed by atoms with Gasteiger partial charge in [0.15, 0.2) is 0 Å². The maximum atomic E-state index is 13.3. The Hall–Kier alpha value is -3.29. The van der Waals surface area contributed by atoms with Crippen molar-refractivity contribution in [1.82, 2.24) is 24.6 Å². The van der Waals surface area contributed by atoms with E-state index in [1.54, 1.807) is 17.5 Å². The molecule has 2 aromatic carbocycles. The van der Waals surface area contributed by atoms with E-state index in [1.165, 1.54) is 5.01 Å². The van der Waals surface area contributed by atoms with Crippen LogP contribution in [0.25, 0.3) is 16.9 Å². The summed E-state index contributed by atoms with van der Waals surface area (Å²) in [6, 6.07) is 19.9. The van der Waals surface area contributed by atoms with E-state index in [0.29, 0.717) is 5.56 Å². The number of benzene rings is 2. The lowest BCUT2D eigenvalue weighted by Gasteiger charge is -2.34. The number of piperazine rings is 1. The molecule has 0 atom stereocenters. The van der Waals surface area contributed by atoms with E-state index in [2.05, 4.69) is 39.4 Å². The molecule has 33 heavy (non-hydrogen) atoms. The third kappa shape index (κ3) is 4.74. The molecule has 1 amide bonds. The van der Waals surface area contributed by atoms with Gasteiger partial charge in [-0.2, -0.15) is 5.10 Å². The van der Waals surface area contributed by atoms with Crippen molar-refractivity contribution in [3.8, 4) is 16.9 Å². The van der Waals surface area contributed by atoms with Crippen molar-refractivity contribution in [3.05, 3.63) is 88.5 Å². The van der Waals surface area contributed by atoms with Crippen molar-refractivity contribution >= 4 is 17.2 Å². The van der Waals surface area contributed by atoms with E-state index in [4.69, 9.17) is 0 Å². The molecule has 7 heteroatoms. The third-order valence-electron chi connectivity index (χ3n) is 6.00. The van der Waals surface area contributed by atoms with E-state index >= 15 is 0 Å². The highest BCUT2D eigenvalue weighted by Gasteiger charge is 2.23. The molecule has 0 N–H and O–H groups in total. The summed E-state index contributed by atoms with van der Waals surface area (Å²) in [6.07, 6.45) is 2.78. The Morgan fingerprint density at radius 2 is 1.82 bits per heavy atom. The standard InChI is InChI=1S/C26H27N5OS/c1-2-25-28-22(19-33-25)18-29-13-15-30(16-14-29)26(32)21-9-6-10-23(17-21)31-24(11-12-27-31)20-7-4-3-5-8-20/h3-12,17,19H,2,13-16,18H2,1H3. The maximum absolute atomic E-state index is 13.3. The van der Waals surface area contributed by atoms with Gasteiger partial charge in [0.25, 0.3) is 5.91 Å². The van der Waals surface area contributed by atoms with Gasteiger partial charge in [-0.3, -0.25) is 9.69 Å². The van der Waals surface area contributed by atoms with Crippen molar-refractivity contribution in [2.45, 2.75) is 19.9 Å². The number of hydrogen-bond acceptors (Lipinski definition) is 5. The molecule has 4 aromatic rings. The molecule has 1 saturated heterocycles. The topological polar surface area (TPSA) is 54.3 Å². The minimum Gasteiger partial charge on any atom is -0.336 e. The highest BCUT2D eigenvalue weighted by Crippen LogP contribution is 2.23. The summed E-state index contributed by atoms with van der Waals surface area (Å²) in [5, 5.41) is 7.85. The second kappa shape index (κ2) is 9.68. The smallest absolute Gasteiger partial charge is 0.254 e. The highest BCUT2D eigenvalue weighted by molar-refractivity contribution is 7.09. The molecule has 0 spiro atoms. The summed E-state index contributed by atoms with van der Waals surface area (Å²) < 4.78 is 1.89. The van der Waals surface area contributed by atoms with Gasteiger partial charge in [0.1, 0.15) is 0 Å². The number of hydrogen-bond donors (Lipinski definition) is 0. The van der Waals surface area contributed by atoms with E-state index in [1.807, 2.05) is 58.1 Å². The summed E-state index contributed by atoms with van der Waals surface area (Å²) in [6.45, 7) is 6.17. The lowest BCUT2D eigenvalue weighted by molar-refractivity contribution is 0.0627. The molecule has 0 radical (unpaired) electrons. The first-order valence-electron chi connectivity index (χ1n) is 11.4. The fraction of sp³-hybridized carbons (Fsp3) is 0.269. The van der Waals surface area contributed by atoms with Crippen LogP contribution in [0.1, 0.15) is 28.0 Å². The van der Waals surface area contributed by atoms with Gasteiger partial charge >= 0.3 is 0 Å². The summed E-state index contributed by atoms with van der Waals surface area (Å²) in [5.74, 6) is 0.0758. The van der Waals surface area contributed by atoms with Gasteiger partial charge in [-0.05, 0) is 30.7 Å². The average Bonchev–Trinajstić information content (AvgIpc) is 3.54. The van der Waals surface area contributed by atoms with Crippen LogP contribution in [0.2, 0.25) is 0 Å². The molecule has 1 aliphatic rings. The number of aromatic nitrogens is 3. The van der Waals surface area contributed by atoms with Gasteiger partial charge in [0.2, 0.25) is 0 Å². The van der Waals surface area contributed by atoms with Crippen molar-refractivity contribution in [2.24, 2.45) is 0 Å². The highest BCUT2D eigenvalue weighted by atomic mass is 32.1. The zero-order valence-corrected chi connectivity index (χ0v) is 19.5. The van der Waals surface area contributed by atoms with Crippen LogP contribution in [0.5, 0.6) is 0 Å².